The van der Waals surface area contributed by atoms with Gasteiger partial charge in [0.25, 0.3) is 5.91 Å². The van der Waals surface area contributed by atoms with Crippen molar-refractivity contribution in [3.63, 3.8) is 0 Å². The molecule has 1 saturated heterocycles. The highest BCUT2D eigenvalue weighted by molar-refractivity contribution is 6.03. The number of carbonyl (C=O) groups excluding carboxylic acids is 2. The van der Waals surface area contributed by atoms with Crippen LogP contribution in [-0.2, 0) is 6.42 Å². The molecule has 6 heteroatoms. The van der Waals surface area contributed by atoms with Gasteiger partial charge in [0.2, 0.25) is 0 Å². The number of Topliss-reactive ketones (excluding diaryl/α,β-unsaturated/α-hetero) is 1. The monoisotopic (exact) mass is 340 g/mol. The van der Waals surface area contributed by atoms with Crippen molar-refractivity contribution in [3.8, 4) is 0 Å². The summed E-state index contributed by atoms with van der Waals surface area (Å²) in [5.74, 6) is 1.02. The topological polar surface area (TPSA) is 76.5 Å². The SMILES string of the molecule is Cc1c(C(=O)N2CCCCC2C(C)N)oc2c1C(=O)CCC2.Cl. The molecule has 1 fully saturated rings. The molecule has 2 unspecified atom stereocenters. The highest BCUT2D eigenvalue weighted by Gasteiger charge is 2.35. The highest BCUT2D eigenvalue weighted by atomic mass is 35.5. The summed E-state index contributed by atoms with van der Waals surface area (Å²) in [7, 11) is 0. The molecule has 0 saturated carbocycles. The number of nitrogens with two attached hydrogens (primary N) is 1. The predicted molar refractivity (Wildman–Crippen MR) is 90.3 cm³/mol. The number of likely N-dealkylation sites (tertiary alicyclic amines) is 1. The van der Waals surface area contributed by atoms with E-state index in [1.807, 2.05) is 18.7 Å². The van der Waals surface area contributed by atoms with Crippen LogP contribution in [0.25, 0.3) is 0 Å². The summed E-state index contributed by atoms with van der Waals surface area (Å²) in [4.78, 5) is 26.9. The van der Waals surface area contributed by atoms with Crippen LogP contribution < -0.4 is 5.73 Å². The zero-order chi connectivity index (χ0) is 15.9. The van der Waals surface area contributed by atoms with Gasteiger partial charge >= 0.3 is 0 Å². The van der Waals surface area contributed by atoms with Crippen LogP contribution in [0.4, 0.5) is 0 Å². The molecule has 0 bridgehead atoms. The lowest BCUT2D eigenvalue weighted by atomic mass is 9.93. The normalized spacial score (nSPS) is 22.3. The van der Waals surface area contributed by atoms with Crippen molar-refractivity contribution in [2.75, 3.05) is 6.54 Å². The van der Waals surface area contributed by atoms with Gasteiger partial charge in [0.05, 0.1) is 5.56 Å². The summed E-state index contributed by atoms with van der Waals surface area (Å²) in [6.07, 6.45) is 5.12. The van der Waals surface area contributed by atoms with Crippen LogP contribution >= 0.6 is 12.4 Å². The molecule has 23 heavy (non-hydrogen) atoms. The molecule has 2 heterocycles. The quantitative estimate of drug-likeness (QED) is 0.898. The van der Waals surface area contributed by atoms with Crippen LogP contribution in [-0.4, -0.2) is 35.2 Å². The number of aryl methyl sites for hydroxylation is 1. The van der Waals surface area contributed by atoms with E-state index in [0.29, 0.717) is 35.6 Å². The second kappa shape index (κ2) is 7.05. The van der Waals surface area contributed by atoms with Gasteiger partial charge in [0.1, 0.15) is 5.76 Å². The van der Waals surface area contributed by atoms with Gasteiger partial charge in [0.15, 0.2) is 11.5 Å². The Balaban J connectivity index is 0.00000192. The Hall–Kier alpha value is -1.33. The first-order chi connectivity index (χ1) is 10.5. The third-order valence-corrected chi connectivity index (χ3v) is 4.92. The molecule has 1 aliphatic heterocycles. The van der Waals surface area contributed by atoms with Gasteiger partial charge in [-0.3, -0.25) is 9.59 Å². The molecule has 3 rings (SSSR count). The molecule has 1 aromatic heterocycles. The van der Waals surface area contributed by atoms with Gasteiger partial charge in [-0.1, -0.05) is 0 Å². The lowest BCUT2D eigenvalue weighted by Gasteiger charge is -2.37. The number of furan rings is 1. The van der Waals surface area contributed by atoms with E-state index < -0.39 is 0 Å². The van der Waals surface area contributed by atoms with Gasteiger partial charge in [-0.2, -0.15) is 0 Å². The van der Waals surface area contributed by atoms with Crippen molar-refractivity contribution in [3.05, 3.63) is 22.6 Å². The maximum atomic E-state index is 12.9. The Labute approximate surface area is 143 Å². The maximum Gasteiger partial charge on any atom is 0.290 e. The third kappa shape index (κ3) is 3.17. The number of fused-ring (bicyclic) bond motifs is 1. The van der Waals surface area contributed by atoms with Gasteiger partial charge in [-0.25, -0.2) is 0 Å². The van der Waals surface area contributed by atoms with E-state index in [4.69, 9.17) is 10.2 Å². The molecule has 2 atom stereocenters. The number of carbonyl (C=O) groups is 2. The predicted octanol–water partition coefficient (Wildman–Crippen LogP) is 2.87. The van der Waals surface area contributed by atoms with Crippen LogP contribution in [0.2, 0.25) is 0 Å². The van der Waals surface area contributed by atoms with E-state index in [2.05, 4.69) is 0 Å². The second-order valence-corrected chi connectivity index (χ2v) is 6.55. The fraction of sp³-hybridized carbons (Fsp3) is 0.647. The molecule has 1 aliphatic carbocycles. The summed E-state index contributed by atoms with van der Waals surface area (Å²) in [5, 5.41) is 0. The average Bonchev–Trinajstić information content (AvgIpc) is 2.85. The molecule has 1 amide bonds. The number of nitrogens with zero attached hydrogens (tertiary/aromatic N) is 1. The van der Waals surface area contributed by atoms with Crippen molar-refractivity contribution in [1.82, 2.24) is 4.90 Å². The largest absolute Gasteiger partial charge is 0.455 e. The minimum absolute atomic E-state index is 0. The van der Waals surface area contributed by atoms with Crippen LogP contribution in [0.5, 0.6) is 0 Å². The number of hydrogen-bond acceptors (Lipinski definition) is 4. The first-order valence-corrected chi connectivity index (χ1v) is 8.22. The van der Waals surface area contributed by atoms with E-state index in [-0.39, 0.29) is 36.2 Å². The number of halogens is 1. The molecule has 2 N–H and O–H groups in total. The zero-order valence-electron chi connectivity index (χ0n) is 13.8. The van der Waals surface area contributed by atoms with Crippen LogP contribution in [0.1, 0.15) is 71.3 Å². The molecule has 0 aromatic carbocycles. The zero-order valence-corrected chi connectivity index (χ0v) is 14.6. The van der Waals surface area contributed by atoms with Crippen molar-refractivity contribution >= 4 is 24.1 Å². The summed E-state index contributed by atoms with van der Waals surface area (Å²) in [5.41, 5.74) is 7.40. The number of hydrogen-bond donors (Lipinski definition) is 1. The minimum Gasteiger partial charge on any atom is -0.455 e. The van der Waals surface area contributed by atoms with Gasteiger partial charge in [-0.15, -0.1) is 12.4 Å². The number of amides is 1. The van der Waals surface area contributed by atoms with E-state index in [1.165, 1.54) is 0 Å². The summed E-state index contributed by atoms with van der Waals surface area (Å²) < 4.78 is 5.80. The first-order valence-electron chi connectivity index (χ1n) is 8.22. The van der Waals surface area contributed by atoms with E-state index in [9.17, 15) is 9.59 Å². The fourth-order valence-electron chi connectivity index (χ4n) is 3.74. The Morgan fingerprint density at radius 1 is 1.30 bits per heavy atom. The number of piperidine rings is 1. The highest BCUT2D eigenvalue weighted by Crippen LogP contribution is 2.31. The Kier molecular flexibility index (Phi) is 5.53. The standard InChI is InChI=1S/C17H24N2O3.ClH/c1-10-15-13(20)7-5-8-14(15)22-16(10)17(21)19-9-4-3-6-12(19)11(2)18;/h11-12H,3-9,18H2,1-2H3;1H. The van der Waals surface area contributed by atoms with Crippen LogP contribution in [0.3, 0.4) is 0 Å². The second-order valence-electron chi connectivity index (χ2n) is 6.55. The van der Waals surface area contributed by atoms with Crippen molar-refractivity contribution in [2.45, 2.75) is 64.5 Å². The minimum atomic E-state index is -0.110. The average molecular weight is 341 g/mol. The molecule has 1 aromatic rings. The van der Waals surface area contributed by atoms with Crippen LogP contribution in [0, 0.1) is 6.92 Å². The molecule has 0 radical (unpaired) electrons. The lowest BCUT2D eigenvalue weighted by Crippen LogP contribution is -2.51. The van der Waals surface area contributed by atoms with Crippen molar-refractivity contribution < 1.29 is 14.0 Å². The van der Waals surface area contributed by atoms with E-state index >= 15 is 0 Å². The summed E-state index contributed by atoms with van der Waals surface area (Å²) >= 11 is 0. The molecule has 2 aliphatic rings. The van der Waals surface area contributed by atoms with Gasteiger partial charge in [0, 0.05) is 37.0 Å². The Morgan fingerprint density at radius 2 is 2.04 bits per heavy atom. The third-order valence-electron chi connectivity index (χ3n) is 4.92. The fourth-order valence-corrected chi connectivity index (χ4v) is 3.74. The molecule has 5 nitrogen and oxygen atoms in total. The molecule has 128 valence electrons. The lowest BCUT2D eigenvalue weighted by molar-refractivity contribution is 0.0548. The molecular weight excluding hydrogens is 316 g/mol. The first kappa shape index (κ1) is 18.0. The van der Waals surface area contributed by atoms with Crippen molar-refractivity contribution in [1.29, 1.82) is 0 Å². The molecular formula is C17H25ClN2O3. The Bertz CT molecular complexity index is 609. The van der Waals surface area contributed by atoms with Gasteiger partial charge in [-0.05, 0) is 39.5 Å². The smallest absolute Gasteiger partial charge is 0.290 e. The summed E-state index contributed by atoms with van der Waals surface area (Å²) in [6, 6.07) is -0.00532. The Morgan fingerprint density at radius 3 is 2.70 bits per heavy atom. The van der Waals surface area contributed by atoms with Crippen molar-refractivity contribution in [2.24, 2.45) is 5.73 Å². The maximum absolute atomic E-state index is 12.9. The van der Waals surface area contributed by atoms with Gasteiger partial charge < -0.3 is 15.1 Å². The summed E-state index contributed by atoms with van der Waals surface area (Å²) in [6.45, 7) is 4.48. The van der Waals surface area contributed by atoms with E-state index in [0.717, 1.165) is 32.1 Å². The van der Waals surface area contributed by atoms with Crippen LogP contribution in [0.15, 0.2) is 4.42 Å². The molecule has 0 spiro atoms. The number of rotatable bonds is 2. The van der Waals surface area contributed by atoms with E-state index in [1.54, 1.807) is 0 Å². The number of ketones is 1.